The van der Waals surface area contributed by atoms with Crippen LogP contribution in [0.25, 0.3) is 5.57 Å². The minimum absolute atomic E-state index is 0.493. The van der Waals surface area contributed by atoms with E-state index in [9.17, 15) is 10.5 Å². The van der Waals surface area contributed by atoms with Crippen LogP contribution in [0, 0.1) is 28.1 Å². The number of thioether (sulfide) groups is 1. The second kappa shape index (κ2) is 6.61. The molecule has 0 aliphatic carbocycles. The van der Waals surface area contributed by atoms with Crippen LogP contribution in [-0.4, -0.2) is 6.26 Å². The SMILES string of the molecule is C=C(c1ccccc1Br)C(C#N)(C#N)C(C)=CSC. The van der Waals surface area contributed by atoms with Gasteiger partial charge in [-0.1, -0.05) is 40.7 Å². The first-order valence-corrected chi connectivity index (χ1v) is 7.58. The van der Waals surface area contributed by atoms with Gasteiger partial charge in [-0.25, -0.2) is 0 Å². The van der Waals surface area contributed by atoms with Crippen molar-refractivity contribution in [3.8, 4) is 12.1 Å². The van der Waals surface area contributed by atoms with Gasteiger partial charge in [0, 0.05) is 4.47 Å². The lowest BCUT2D eigenvalue weighted by Crippen LogP contribution is -2.19. The van der Waals surface area contributed by atoms with Gasteiger partial charge in [0.2, 0.25) is 0 Å². The summed E-state index contributed by atoms with van der Waals surface area (Å²) in [5.41, 5.74) is 0.630. The number of rotatable bonds is 4. The highest BCUT2D eigenvalue weighted by molar-refractivity contribution is 9.10. The van der Waals surface area contributed by atoms with E-state index in [0.29, 0.717) is 11.1 Å². The Kier molecular flexibility index (Phi) is 5.42. The fraction of sp³-hybridized carbons (Fsp3) is 0.200. The maximum atomic E-state index is 9.50. The van der Waals surface area contributed by atoms with E-state index < -0.39 is 5.41 Å². The van der Waals surface area contributed by atoms with E-state index in [0.717, 1.165) is 10.0 Å². The second-order valence-corrected chi connectivity index (χ2v) is 5.53. The lowest BCUT2D eigenvalue weighted by Gasteiger charge is -2.23. The molecule has 0 saturated carbocycles. The summed E-state index contributed by atoms with van der Waals surface area (Å²) in [6.45, 7) is 5.76. The molecule has 0 radical (unpaired) electrons. The van der Waals surface area contributed by atoms with Crippen LogP contribution >= 0.6 is 27.7 Å². The van der Waals surface area contributed by atoms with Crippen LogP contribution in [0.5, 0.6) is 0 Å². The molecule has 4 heteroatoms. The molecule has 0 spiro atoms. The zero-order valence-electron chi connectivity index (χ0n) is 10.8. The largest absolute Gasteiger partial charge is 0.196 e. The van der Waals surface area contributed by atoms with Crippen LogP contribution in [0.15, 0.2) is 46.3 Å². The van der Waals surface area contributed by atoms with Crippen LogP contribution in [0.4, 0.5) is 0 Å². The first-order valence-electron chi connectivity index (χ1n) is 5.50. The van der Waals surface area contributed by atoms with Gasteiger partial charge in [-0.2, -0.15) is 10.5 Å². The third-order valence-electron chi connectivity index (χ3n) is 2.87. The van der Waals surface area contributed by atoms with E-state index >= 15 is 0 Å². The van der Waals surface area contributed by atoms with E-state index in [-0.39, 0.29) is 0 Å². The Balaban J connectivity index is 3.43. The van der Waals surface area contributed by atoms with Gasteiger partial charge in [0.1, 0.15) is 0 Å². The van der Waals surface area contributed by atoms with Crippen molar-refractivity contribution in [1.29, 1.82) is 10.5 Å². The van der Waals surface area contributed by atoms with Crippen molar-refractivity contribution in [3.05, 3.63) is 51.9 Å². The van der Waals surface area contributed by atoms with Crippen molar-refractivity contribution in [2.24, 2.45) is 5.41 Å². The Morgan fingerprint density at radius 2 is 1.95 bits per heavy atom. The lowest BCUT2D eigenvalue weighted by molar-refractivity contribution is 0.816. The van der Waals surface area contributed by atoms with Gasteiger partial charge in [0.25, 0.3) is 0 Å². The highest BCUT2D eigenvalue weighted by Gasteiger charge is 2.37. The minimum Gasteiger partial charge on any atom is -0.196 e. The predicted molar refractivity (Wildman–Crippen MR) is 84.1 cm³/mol. The van der Waals surface area contributed by atoms with Crippen LogP contribution in [0.1, 0.15) is 12.5 Å². The lowest BCUT2D eigenvalue weighted by atomic mass is 9.75. The fourth-order valence-corrected chi connectivity index (χ4v) is 2.80. The van der Waals surface area contributed by atoms with Gasteiger partial charge < -0.3 is 0 Å². The summed E-state index contributed by atoms with van der Waals surface area (Å²) >= 11 is 4.90. The molecule has 0 aliphatic rings. The normalized spacial score (nSPS) is 11.5. The summed E-state index contributed by atoms with van der Waals surface area (Å²) in [6, 6.07) is 11.7. The molecule has 0 amide bonds. The standard InChI is InChI=1S/C15H13BrN2S/c1-11(8-19-3)15(9-17,10-18)12(2)13-6-4-5-7-14(13)16/h4-8H,2H2,1,3H3. The van der Waals surface area contributed by atoms with Crippen molar-refractivity contribution in [2.45, 2.75) is 6.92 Å². The van der Waals surface area contributed by atoms with Gasteiger partial charge in [-0.3, -0.25) is 0 Å². The maximum absolute atomic E-state index is 9.50. The third-order valence-corrected chi connectivity index (χ3v) is 4.15. The van der Waals surface area contributed by atoms with Gasteiger partial charge in [-0.15, -0.1) is 11.8 Å². The molecule has 0 unspecified atom stereocenters. The first kappa shape index (κ1) is 15.6. The van der Waals surface area contributed by atoms with Crippen LogP contribution in [0.3, 0.4) is 0 Å². The van der Waals surface area contributed by atoms with Crippen molar-refractivity contribution in [1.82, 2.24) is 0 Å². The minimum atomic E-state index is -1.33. The molecule has 0 fully saturated rings. The van der Waals surface area contributed by atoms with E-state index in [1.165, 1.54) is 11.8 Å². The van der Waals surface area contributed by atoms with E-state index in [4.69, 9.17) is 0 Å². The molecule has 1 aromatic carbocycles. The molecule has 2 nitrogen and oxygen atoms in total. The monoisotopic (exact) mass is 332 g/mol. The van der Waals surface area contributed by atoms with E-state index in [1.54, 1.807) is 6.92 Å². The molecule has 0 bridgehead atoms. The zero-order chi connectivity index (χ0) is 14.5. The van der Waals surface area contributed by atoms with Crippen LogP contribution in [0.2, 0.25) is 0 Å². The predicted octanol–water partition coefficient (Wildman–Crippen LogP) is 4.76. The maximum Gasteiger partial charge on any atom is 0.190 e. The number of halogens is 1. The Morgan fingerprint density at radius 1 is 1.37 bits per heavy atom. The Morgan fingerprint density at radius 3 is 2.42 bits per heavy atom. The molecule has 0 N–H and O–H groups in total. The summed E-state index contributed by atoms with van der Waals surface area (Å²) in [5, 5.41) is 20.8. The molecule has 0 atom stereocenters. The highest BCUT2D eigenvalue weighted by atomic mass is 79.9. The number of hydrogen-bond acceptors (Lipinski definition) is 3. The topological polar surface area (TPSA) is 47.6 Å². The molecule has 1 rings (SSSR count). The van der Waals surface area contributed by atoms with Gasteiger partial charge in [0.05, 0.1) is 12.1 Å². The molecule has 0 heterocycles. The summed E-state index contributed by atoms with van der Waals surface area (Å²) in [4.78, 5) is 0. The highest BCUT2D eigenvalue weighted by Crippen LogP contribution is 2.42. The number of nitrogens with zero attached hydrogens (tertiary/aromatic N) is 2. The molecule has 0 aliphatic heterocycles. The first-order chi connectivity index (χ1) is 9.03. The molecule has 19 heavy (non-hydrogen) atoms. The Hall–Kier alpha value is -1.49. The number of benzene rings is 1. The smallest absolute Gasteiger partial charge is 0.190 e. The molecule has 0 saturated heterocycles. The molecular weight excluding hydrogens is 320 g/mol. The molecule has 96 valence electrons. The average molecular weight is 333 g/mol. The van der Waals surface area contributed by atoms with Crippen molar-refractivity contribution in [3.63, 3.8) is 0 Å². The molecule has 0 aromatic heterocycles. The summed E-state index contributed by atoms with van der Waals surface area (Å²) in [5.74, 6) is 0. The van der Waals surface area contributed by atoms with Gasteiger partial charge >= 0.3 is 0 Å². The van der Waals surface area contributed by atoms with E-state index in [1.807, 2.05) is 35.9 Å². The van der Waals surface area contributed by atoms with Crippen molar-refractivity contribution >= 4 is 33.3 Å². The zero-order valence-corrected chi connectivity index (χ0v) is 13.2. The number of nitriles is 2. The third kappa shape index (κ3) is 2.92. The molecular formula is C15H13BrN2S. The van der Waals surface area contributed by atoms with Gasteiger partial charge in [-0.05, 0) is 41.4 Å². The summed E-state index contributed by atoms with van der Waals surface area (Å²) in [6.07, 6.45) is 1.89. The number of allylic oxidation sites excluding steroid dienone is 2. The number of hydrogen-bond donors (Lipinski definition) is 0. The van der Waals surface area contributed by atoms with Crippen LogP contribution < -0.4 is 0 Å². The quantitative estimate of drug-likeness (QED) is 0.798. The van der Waals surface area contributed by atoms with Gasteiger partial charge in [0.15, 0.2) is 5.41 Å². The average Bonchev–Trinajstić information content (AvgIpc) is 2.41. The molecule has 1 aromatic rings. The van der Waals surface area contributed by atoms with Crippen LogP contribution in [-0.2, 0) is 0 Å². The Labute approximate surface area is 126 Å². The van der Waals surface area contributed by atoms with Crippen molar-refractivity contribution < 1.29 is 0 Å². The summed E-state index contributed by atoms with van der Waals surface area (Å²) in [7, 11) is 0. The van der Waals surface area contributed by atoms with E-state index in [2.05, 4.69) is 34.6 Å². The Bertz CT molecular complexity index is 591. The fourth-order valence-electron chi connectivity index (χ4n) is 1.75. The summed E-state index contributed by atoms with van der Waals surface area (Å²) < 4.78 is 0.826. The van der Waals surface area contributed by atoms with Crippen molar-refractivity contribution in [2.75, 3.05) is 6.26 Å². The second-order valence-electron chi connectivity index (χ2n) is 3.97.